The van der Waals surface area contributed by atoms with Crippen LogP contribution in [-0.4, -0.2) is 34.8 Å². The van der Waals surface area contributed by atoms with Crippen LogP contribution in [0.5, 0.6) is 11.5 Å². The summed E-state index contributed by atoms with van der Waals surface area (Å²) in [6.07, 6.45) is 3.05. The highest BCUT2D eigenvalue weighted by atomic mass is 16.5. The lowest BCUT2D eigenvalue weighted by atomic mass is 9.89. The van der Waals surface area contributed by atoms with Gasteiger partial charge in [-0.3, -0.25) is 4.79 Å². The molecule has 0 aliphatic carbocycles. The smallest absolute Gasteiger partial charge is 0.249 e. The van der Waals surface area contributed by atoms with Gasteiger partial charge in [0, 0.05) is 18.0 Å². The molecule has 1 aliphatic heterocycles. The van der Waals surface area contributed by atoms with Gasteiger partial charge in [0.15, 0.2) is 0 Å². The van der Waals surface area contributed by atoms with Crippen molar-refractivity contribution in [3.05, 3.63) is 52.3 Å². The van der Waals surface area contributed by atoms with Crippen LogP contribution in [0.15, 0.2) is 41.2 Å². The number of aromatic hydroxyl groups is 1. The molecular weight excluding hydrogens is 354 g/mol. The van der Waals surface area contributed by atoms with Gasteiger partial charge in [-0.2, -0.15) is 0 Å². The highest BCUT2D eigenvalue weighted by Crippen LogP contribution is 2.39. The molecular formula is C22H25N3O3. The van der Waals surface area contributed by atoms with Gasteiger partial charge in [-0.15, -0.1) is 0 Å². The monoisotopic (exact) mass is 379 g/mol. The van der Waals surface area contributed by atoms with Gasteiger partial charge < -0.3 is 20.1 Å². The topological polar surface area (TPSA) is 87.2 Å². The van der Waals surface area contributed by atoms with E-state index in [9.17, 15) is 9.90 Å². The van der Waals surface area contributed by atoms with Crippen LogP contribution in [0.1, 0.15) is 37.7 Å². The number of hydrogen-bond acceptors (Lipinski definition) is 5. The minimum atomic E-state index is -0.190. The second-order valence-corrected chi connectivity index (χ2v) is 7.22. The van der Waals surface area contributed by atoms with Gasteiger partial charge in [0.05, 0.1) is 17.9 Å². The summed E-state index contributed by atoms with van der Waals surface area (Å²) in [5.74, 6) is 1.04. The predicted octanol–water partition coefficient (Wildman–Crippen LogP) is 3.55. The quantitative estimate of drug-likeness (QED) is 0.631. The van der Waals surface area contributed by atoms with Crippen molar-refractivity contribution in [1.82, 2.24) is 15.3 Å². The van der Waals surface area contributed by atoms with Gasteiger partial charge in [0.25, 0.3) is 0 Å². The van der Waals surface area contributed by atoms with E-state index in [-0.39, 0.29) is 11.3 Å². The summed E-state index contributed by atoms with van der Waals surface area (Å²) >= 11 is 0. The zero-order valence-corrected chi connectivity index (χ0v) is 16.0. The number of benzene rings is 1. The zero-order chi connectivity index (χ0) is 19.5. The number of aromatic amines is 1. The molecule has 0 saturated carbocycles. The minimum absolute atomic E-state index is 0.117. The molecule has 0 radical (unpaired) electrons. The maximum atomic E-state index is 11.9. The van der Waals surface area contributed by atoms with Crippen molar-refractivity contribution in [3.8, 4) is 22.8 Å². The lowest BCUT2D eigenvalue weighted by Gasteiger charge is -2.25. The first-order valence-electron chi connectivity index (χ1n) is 9.87. The van der Waals surface area contributed by atoms with Crippen molar-refractivity contribution in [2.45, 2.75) is 32.1 Å². The minimum Gasteiger partial charge on any atom is -0.507 e. The van der Waals surface area contributed by atoms with Gasteiger partial charge in [-0.05, 0) is 61.6 Å². The number of nitrogens with one attached hydrogen (secondary N) is 2. The molecule has 1 atom stereocenters. The van der Waals surface area contributed by atoms with E-state index in [1.54, 1.807) is 18.2 Å². The molecule has 0 bridgehead atoms. The average Bonchev–Trinajstić information content (AvgIpc) is 2.72. The van der Waals surface area contributed by atoms with Gasteiger partial charge in [0.1, 0.15) is 17.1 Å². The number of nitrogens with zero attached hydrogens (tertiary/aromatic N) is 1. The molecule has 1 fully saturated rings. The van der Waals surface area contributed by atoms with E-state index >= 15 is 0 Å². The van der Waals surface area contributed by atoms with Crippen LogP contribution in [0.2, 0.25) is 0 Å². The van der Waals surface area contributed by atoms with Crippen molar-refractivity contribution < 1.29 is 9.84 Å². The SMILES string of the molecule is CCCOc1cccc(O)c1-c1cc(C2CCCNC2)c2ccc(=O)[nH]c2n1. The Bertz CT molecular complexity index is 1040. The molecule has 6 nitrogen and oxygen atoms in total. The molecule has 3 N–H and O–H groups in total. The van der Waals surface area contributed by atoms with Crippen molar-refractivity contribution >= 4 is 11.0 Å². The fourth-order valence-corrected chi connectivity index (χ4v) is 3.85. The summed E-state index contributed by atoms with van der Waals surface area (Å²) in [7, 11) is 0. The molecule has 28 heavy (non-hydrogen) atoms. The number of phenols is 1. The van der Waals surface area contributed by atoms with E-state index in [0.717, 1.165) is 43.3 Å². The van der Waals surface area contributed by atoms with Crippen LogP contribution in [0.4, 0.5) is 0 Å². The van der Waals surface area contributed by atoms with Crippen molar-refractivity contribution in [3.63, 3.8) is 0 Å². The summed E-state index contributed by atoms with van der Waals surface area (Å²) in [6, 6.07) is 10.7. The Morgan fingerprint density at radius 2 is 2.18 bits per heavy atom. The molecule has 2 aromatic heterocycles. The fourth-order valence-electron chi connectivity index (χ4n) is 3.85. The molecule has 4 rings (SSSR count). The summed E-state index contributed by atoms with van der Waals surface area (Å²) in [4.78, 5) is 19.4. The van der Waals surface area contributed by atoms with Crippen LogP contribution in [-0.2, 0) is 0 Å². The Labute approximate surface area is 163 Å². The van der Waals surface area contributed by atoms with E-state index in [1.165, 1.54) is 0 Å². The summed E-state index contributed by atoms with van der Waals surface area (Å²) in [5.41, 5.74) is 2.65. The highest BCUT2D eigenvalue weighted by molar-refractivity contribution is 5.85. The van der Waals surface area contributed by atoms with Crippen LogP contribution in [0, 0.1) is 0 Å². The highest BCUT2D eigenvalue weighted by Gasteiger charge is 2.22. The van der Waals surface area contributed by atoms with Crippen molar-refractivity contribution in [1.29, 1.82) is 0 Å². The fraction of sp³-hybridized carbons (Fsp3) is 0.364. The number of phenolic OH excluding ortho intramolecular Hbond substituents is 1. The largest absolute Gasteiger partial charge is 0.507 e. The Kier molecular flexibility index (Phi) is 5.30. The van der Waals surface area contributed by atoms with Crippen LogP contribution in [0.25, 0.3) is 22.3 Å². The van der Waals surface area contributed by atoms with Crippen molar-refractivity contribution in [2.75, 3.05) is 19.7 Å². The molecule has 1 saturated heterocycles. The van der Waals surface area contributed by atoms with Gasteiger partial charge in [-0.25, -0.2) is 4.98 Å². The number of rotatable bonds is 5. The lowest BCUT2D eigenvalue weighted by Crippen LogP contribution is -2.28. The Morgan fingerprint density at radius 3 is 2.96 bits per heavy atom. The Hall–Kier alpha value is -2.86. The molecule has 0 amide bonds. The Balaban J connectivity index is 1.92. The second kappa shape index (κ2) is 8.02. The molecule has 6 heteroatoms. The van der Waals surface area contributed by atoms with Gasteiger partial charge in [-0.1, -0.05) is 13.0 Å². The predicted molar refractivity (Wildman–Crippen MR) is 110 cm³/mol. The number of fused-ring (bicyclic) bond motifs is 1. The summed E-state index contributed by atoms with van der Waals surface area (Å²) < 4.78 is 5.86. The van der Waals surface area contributed by atoms with Gasteiger partial charge in [0.2, 0.25) is 5.56 Å². The molecule has 1 unspecified atom stereocenters. The van der Waals surface area contributed by atoms with E-state index in [4.69, 9.17) is 4.74 Å². The van der Waals surface area contributed by atoms with E-state index < -0.39 is 0 Å². The van der Waals surface area contributed by atoms with Crippen molar-refractivity contribution in [2.24, 2.45) is 0 Å². The number of aromatic nitrogens is 2. The average molecular weight is 379 g/mol. The first-order chi connectivity index (χ1) is 13.7. The maximum Gasteiger partial charge on any atom is 0.249 e. The molecule has 0 spiro atoms. The number of pyridine rings is 2. The van der Waals surface area contributed by atoms with E-state index in [2.05, 4.69) is 15.3 Å². The van der Waals surface area contributed by atoms with E-state index in [0.29, 0.717) is 35.2 Å². The summed E-state index contributed by atoms with van der Waals surface area (Å²) in [5, 5.41) is 15.0. The lowest BCUT2D eigenvalue weighted by molar-refractivity contribution is 0.317. The third-order valence-corrected chi connectivity index (χ3v) is 5.19. The number of H-pyrrole nitrogens is 1. The maximum absolute atomic E-state index is 11.9. The third kappa shape index (κ3) is 3.60. The van der Waals surface area contributed by atoms with Crippen LogP contribution < -0.4 is 15.6 Å². The summed E-state index contributed by atoms with van der Waals surface area (Å²) in [6.45, 7) is 4.51. The Morgan fingerprint density at radius 1 is 1.29 bits per heavy atom. The number of piperidine rings is 1. The van der Waals surface area contributed by atoms with Crippen LogP contribution in [0.3, 0.4) is 0 Å². The second-order valence-electron chi connectivity index (χ2n) is 7.22. The first-order valence-corrected chi connectivity index (χ1v) is 9.87. The molecule has 1 aliphatic rings. The normalized spacial score (nSPS) is 17.0. The molecule has 3 aromatic rings. The van der Waals surface area contributed by atoms with E-state index in [1.807, 2.05) is 25.1 Å². The van der Waals surface area contributed by atoms with Gasteiger partial charge >= 0.3 is 0 Å². The number of ether oxygens (including phenoxy) is 1. The van der Waals surface area contributed by atoms with Crippen LogP contribution >= 0.6 is 0 Å². The molecule has 3 heterocycles. The molecule has 1 aromatic carbocycles. The standard InChI is InChI=1S/C22H25N3O3/c1-2-11-28-19-7-3-6-18(26)21(19)17-12-16(14-5-4-10-23-13-14)15-8-9-20(27)25-22(15)24-17/h3,6-9,12,14,23,26H,2,4-5,10-11,13H2,1H3,(H,24,25,27). The third-order valence-electron chi connectivity index (χ3n) is 5.19. The first kappa shape index (κ1) is 18.5. The molecule has 146 valence electrons. The zero-order valence-electron chi connectivity index (χ0n) is 16.0. The number of hydrogen-bond donors (Lipinski definition) is 3.